The number of pyridine rings is 1. The highest BCUT2D eigenvalue weighted by Gasteiger charge is 2.21. The lowest BCUT2D eigenvalue weighted by molar-refractivity contribution is -0.138. The molecule has 2 N–H and O–H groups in total. The van der Waals surface area contributed by atoms with Gasteiger partial charge in [-0.1, -0.05) is 6.07 Å². The minimum Gasteiger partial charge on any atom is -0.353 e. The number of nitrogens with one attached hydrogen (secondary N) is 2. The van der Waals surface area contributed by atoms with E-state index in [0.717, 1.165) is 0 Å². The third kappa shape index (κ3) is 4.04. The summed E-state index contributed by atoms with van der Waals surface area (Å²) in [7, 11) is 0. The first-order chi connectivity index (χ1) is 9.65. The molecule has 1 saturated heterocycles. The van der Waals surface area contributed by atoms with Crippen LogP contribution < -0.4 is 10.6 Å². The second-order valence-corrected chi connectivity index (χ2v) is 4.43. The lowest BCUT2D eigenvalue weighted by atomic mass is 10.2. The summed E-state index contributed by atoms with van der Waals surface area (Å²) in [4.78, 5) is 40.1. The predicted octanol–water partition coefficient (Wildman–Crippen LogP) is -0.241. The van der Waals surface area contributed by atoms with E-state index in [4.69, 9.17) is 0 Å². The SMILES string of the molecule is O=C1CN(C(=O)CCC(=O)Nc2ccccn2)CCN1. The topological polar surface area (TPSA) is 91.4 Å². The molecule has 1 aliphatic heterocycles. The minimum absolute atomic E-state index is 0.0701. The molecule has 7 heteroatoms. The van der Waals surface area contributed by atoms with Crippen molar-refractivity contribution in [2.75, 3.05) is 25.0 Å². The summed E-state index contributed by atoms with van der Waals surface area (Å²) in [6.07, 6.45) is 1.74. The summed E-state index contributed by atoms with van der Waals surface area (Å²) in [6, 6.07) is 5.19. The Labute approximate surface area is 116 Å². The van der Waals surface area contributed by atoms with Gasteiger partial charge in [-0.15, -0.1) is 0 Å². The zero-order valence-electron chi connectivity index (χ0n) is 11.0. The predicted molar refractivity (Wildman–Crippen MR) is 71.7 cm³/mol. The van der Waals surface area contributed by atoms with Crippen LogP contribution in [0.15, 0.2) is 24.4 Å². The average Bonchev–Trinajstić information content (AvgIpc) is 2.46. The van der Waals surface area contributed by atoms with Gasteiger partial charge in [-0.3, -0.25) is 14.4 Å². The monoisotopic (exact) mass is 276 g/mol. The number of amides is 3. The van der Waals surface area contributed by atoms with Crippen molar-refractivity contribution in [3.05, 3.63) is 24.4 Å². The van der Waals surface area contributed by atoms with E-state index in [1.807, 2.05) is 0 Å². The number of rotatable bonds is 4. The Hall–Kier alpha value is -2.44. The highest BCUT2D eigenvalue weighted by molar-refractivity contribution is 5.93. The molecule has 0 atom stereocenters. The summed E-state index contributed by atoms with van der Waals surface area (Å²) < 4.78 is 0. The molecule has 1 fully saturated rings. The van der Waals surface area contributed by atoms with Gasteiger partial charge < -0.3 is 15.5 Å². The van der Waals surface area contributed by atoms with Gasteiger partial charge in [-0.25, -0.2) is 4.98 Å². The smallest absolute Gasteiger partial charge is 0.239 e. The molecule has 1 aliphatic rings. The molecule has 3 amide bonds. The molecular formula is C13H16N4O3. The van der Waals surface area contributed by atoms with Crippen molar-refractivity contribution in [2.24, 2.45) is 0 Å². The molecule has 0 aromatic carbocycles. The van der Waals surface area contributed by atoms with Crippen molar-refractivity contribution in [1.82, 2.24) is 15.2 Å². The number of hydrogen-bond donors (Lipinski definition) is 2. The van der Waals surface area contributed by atoms with Crippen molar-refractivity contribution >= 4 is 23.5 Å². The van der Waals surface area contributed by atoms with Crippen molar-refractivity contribution in [3.63, 3.8) is 0 Å². The Morgan fingerprint density at radius 1 is 1.35 bits per heavy atom. The molecular weight excluding hydrogens is 260 g/mol. The number of carbonyl (C=O) groups excluding carboxylic acids is 3. The van der Waals surface area contributed by atoms with E-state index in [-0.39, 0.29) is 37.1 Å². The number of anilines is 1. The van der Waals surface area contributed by atoms with E-state index in [1.54, 1.807) is 24.4 Å². The Bertz CT molecular complexity index is 504. The van der Waals surface area contributed by atoms with Gasteiger partial charge in [-0.05, 0) is 12.1 Å². The van der Waals surface area contributed by atoms with E-state index in [0.29, 0.717) is 18.9 Å². The second kappa shape index (κ2) is 6.65. The summed E-state index contributed by atoms with van der Waals surface area (Å²) in [5.74, 6) is -0.153. The first kappa shape index (κ1) is 14.0. The third-order valence-corrected chi connectivity index (χ3v) is 2.89. The molecule has 0 unspecified atom stereocenters. The summed E-state index contributed by atoms with van der Waals surface area (Å²) in [6.45, 7) is 1.03. The van der Waals surface area contributed by atoms with Gasteiger partial charge in [0.1, 0.15) is 5.82 Å². The zero-order valence-corrected chi connectivity index (χ0v) is 11.0. The summed E-state index contributed by atoms with van der Waals surface area (Å²) in [5.41, 5.74) is 0. The fourth-order valence-electron chi connectivity index (χ4n) is 1.87. The third-order valence-electron chi connectivity index (χ3n) is 2.89. The van der Waals surface area contributed by atoms with Gasteiger partial charge in [0.2, 0.25) is 17.7 Å². The molecule has 2 rings (SSSR count). The van der Waals surface area contributed by atoms with Crippen LogP contribution in [0.5, 0.6) is 0 Å². The maximum absolute atomic E-state index is 11.9. The van der Waals surface area contributed by atoms with Crippen LogP contribution in [0, 0.1) is 0 Å². The number of aromatic nitrogens is 1. The molecule has 2 heterocycles. The maximum Gasteiger partial charge on any atom is 0.239 e. The Morgan fingerprint density at radius 2 is 2.20 bits per heavy atom. The van der Waals surface area contributed by atoms with E-state index in [1.165, 1.54) is 4.90 Å². The molecule has 0 saturated carbocycles. The Morgan fingerprint density at radius 3 is 2.90 bits per heavy atom. The van der Waals surface area contributed by atoms with Crippen molar-refractivity contribution in [2.45, 2.75) is 12.8 Å². The Balaban J connectivity index is 1.75. The van der Waals surface area contributed by atoms with Crippen LogP contribution in [-0.4, -0.2) is 47.2 Å². The van der Waals surface area contributed by atoms with Gasteiger partial charge in [0, 0.05) is 32.1 Å². The van der Waals surface area contributed by atoms with Crippen LogP contribution in [0.4, 0.5) is 5.82 Å². The lowest BCUT2D eigenvalue weighted by Gasteiger charge is -2.26. The van der Waals surface area contributed by atoms with E-state index in [2.05, 4.69) is 15.6 Å². The largest absolute Gasteiger partial charge is 0.353 e. The molecule has 0 spiro atoms. The fourth-order valence-corrected chi connectivity index (χ4v) is 1.87. The van der Waals surface area contributed by atoms with Gasteiger partial charge in [0.15, 0.2) is 0 Å². The van der Waals surface area contributed by atoms with Crippen LogP contribution in [0.3, 0.4) is 0 Å². The normalized spacial score (nSPS) is 14.6. The minimum atomic E-state index is -0.265. The summed E-state index contributed by atoms with van der Waals surface area (Å²) in [5, 5.41) is 5.25. The van der Waals surface area contributed by atoms with Crippen LogP contribution in [0.25, 0.3) is 0 Å². The summed E-state index contributed by atoms with van der Waals surface area (Å²) >= 11 is 0. The second-order valence-electron chi connectivity index (χ2n) is 4.43. The standard InChI is InChI=1S/C13H16N4O3/c18-11(16-10-3-1-2-6-14-10)4-5-13(20)17-8-7-15-12(19)9-17/h1-3,6H,4-5,7-9H2,(H,15,19)(H,14,16,18). The average molecular weight is 276 g/mol. The van der Waals surface area contributed by atoms with Crippen molar-refractivity contribution < 1.29 is 14.4 Å². The van der Waals surface area contributed by atoms with Gasteiger partial charge in [-0.2, -0.15) is 0 Å². The van der Waals surface area contributed by atoms with Crippen molar-refractivity contribution in [1.29, 1.82) is 0 Å². The molecule has 1 aromatic rings. The lowest BCUT2D eigenvalue weighted by Crippen LogP contribution is -2.50. The molecule has 0 aliphatic carbocycles. The number of piperazine rings is 1. The van der Waals surface area contributed by atoms with Crippen molar-refractivity contribution in [3.8, 4) is 0 Å². The zero-order chi connectivity index (χ0) is 14.4. The molecule has 0 radical (unpaired) electrons. The maximum atomic E-state index is 11.9. The van der Waals surface area contributed by atoms with Gasteiger partial charge in [0.05, 0.1) is 6.54 Å². The fraction of sp³-hybridized carbons (Fsp3) is 0.385. The molecule has 20 heavy (non-hydrogen) atoms. The highest BCUT2D eigenvalue weighted by Crippen LogP contribution is 2.04. The molecule has 0 bridgehead atoms. The van der Waals surface area contributed by atoms with Gasteiger partial charge in [0.25, 0.3) is 0 Å². The quantitative estimate of drug-likeness (QED) is 0.794. The molecule has 1 aromatic heterocycles. The number of carbonyl (C=O) groups is 3. The van der Waals surface area contributed by atoms with Crippen LogP contribution in [0.1, 0.15) is 12.8 Å². The van der Waals surface area contributed by atoms with Crippen LogP contribution >= 0.6 is 0 Å². The molecule has 106 valence electrons. The number of nitrogens with zero attached hydrogens (tertiary/aromatic N) is 2. The Kier molecular flexibility index (Phi) is 4.65. The molecule has 7 nitrogen and oxygen atoms in total. The van der Waals surface area contributed by atoms with E-state index >= 15 is 0 Å². The first-order valence-electron chi connectivity index (χ1n) is 6.40. The number of hydrogen-bond acceptors (Lipinski definition) is 4. The highest BCUT2D eigenvalue weighted by atomic mass is 16.2. The first-order valence-corrected chi connectivity index (χ1v) is 6.40. The van der Waals surface area contributed by atoms with E-state index in [9.17, 15) is 14.4 Å². The van der Waals surface area contributed by atoms with Crippen LogP contribution in [0.2, 0.25) is 0 Å². The van der Waals surface area contributed by atoms with Gasteiger partial charge >= 0.3 is 0 Å². The van der Waals surface area contributed by atoms with E-state index < -0.39 is 0 Å². The van der Waals surface area contributed by atoms with Crippen LogP contribution in [-0.2, 0) is 14.4 Å².